The van der Waals surface area contributed by atoms with Crippen molar-refractivity contribution in [2.75, 3.05) is 0 Å². The molecule has 0 unspecified atom stereocenters. The second-order valence-corrected chi connectivity index (χ2v) is 4.89. The zero-order valence-electron chi connectivity index (χ0n) is 9.14. The second-order valence-electron chi connectivity index (χ2n) is 3.74. The maximum absolute atomic E-state index is 11.9. The smallest absolute Gasteiger partial charge is 0.308 e. The first-order valence-electron chi connectivity index (χ1n) is 4.98. The van der Waals surface area contributed by atoms with E-state index < -0.39 is 12.6 Å². The van der Waals surface area contributed by atoms with Gasteiger partial charge in [0, 0.05) is 25.4 Å². The molecular weight excluding hydrogens is 239 g/mol. The van der Waals surface area contributed by atoms with E-state index in [9.17, 15) is 13.2 Å². The summed E-state index contributed by atoms with van der Waals surface area (Å²) in [4.78, 5) is 0. The Morgan fingerprint density at radius 3 is 2.44 bits per heavy atom. The number of aryl methyl sites for hydroxylation is 1. The first kappa shape index (κ1) is 13.4. The summed E-state index contributed by atoms with van der Waals surface area (Å²) in [6.45, 7) is 4.54. The van der Waals surface area contributed by atoms with Crippen LogP contribution in [0.2, 0.25) is 0 Å². The third kappa shape index (κ3) is 5.41. The molecule has 0 bridgehead atoms. The summed E-state index contributed by atoms with van der Waals surface area (Å²) in [5, 5.41) is 11.9. The van der Waals surface area contributed by atoms with E-state index in [0.717, 1.165) is 5.01 Å². The van der Waals surface area contributed by atoms with E-state index in [1.54, 1.807) is 0 Å². The Morgan fingerprint density at radius 1 is 1.25 bits per heavy atom. The zero-order chi connectivity index (χ0) is 12.2. The number of halogens is 3. The largest absolute Gasteiger partial charge is 0.389 e. The molecule has 0 aromatic carbocycles. The molecule has 0 amide bonds. The van der Waals surface area contributed by atoms with Crippen molar-refractivity contribution in [3.8, 4) is 0 Å². The third-order valence-electron chi connectivity index (χ3n) is 1.79. The number of aromatic nitrogens is 2. The fraction of sp³-hybridized carbons (Fsp3) is 0.778. The van der Waals surface area contributed by atoms with Crippen LogP contribution >= 0.6 is 11.3 Å². The van der Waals surface area contributed by atoms with E-state index in [-0.39, 0.29) is 6.42 Å². The second kappa shape index (κ2) is 5.58. The maximum Gasteiger partial charge on any atom is 0.389 e. The average molecular weight is 253 g/mol. The van der Waals surface area contributed by atoms with Crippen LogP contribution in [-0.4, -0.2) is 22.4 Å². The molecule has 0 atom stereocenters. The van der Waals surface area contributed by atoms with Gasteiger partial charge in [-0.1, -0.05) is 13.8 Å². The van der Waals surface area contributed by atoms with Crippen LogP contribution in [-0.2, 0) is 13.0 Å². The Balaban J connectivity index is 2.39. The van der Waals surface area contributed by atoms with Gasteiger partial charge >= 0.3 is 6.18 Å². The van der Waals surface area contributed by atoms with Gasteiger partial charge in [0.05, 0.1) is 0 Å². The summed E-state index contributed by atoms with van der Waals surface area (Å²) in [5.74, 6) is 0. The highest BCUT2D eigenvalue weighted by Gasteiger charge is 2.27. The normalized spacial score (nSPS) is 12.4. The summed E-state index contributed by atoms with van der Waals surface area (Å²) in [5.41, 5.74) is 0. The molecule has 1 heterocycles. The molecule has 0 saturated carbocycles. The summed E-state index contributed by atoms with van der Waals surface area (Å²) >= 11 is 1.23. The van der Waals surface area contributed by atoms with Crippen molar-refractivity contribution < 1.29 is 13.2 Å². The number of alkyl halides is 3. The van der Waals surface area contributed by atoms with E-state index >= 15 is 0 Å². The van der Waals surface area contributed by atoms with Crippen LogP contribution < -0.4 is 5.32 Å². The van der Waals surface area contributed by atoms with Crippen LogP contribution in [0.5, 0.6) is 0 Å². The van der Waals surface area contributed by atoms with Crippen molar-refractivity contribution in [3.05, 3.63) is 10.0 Å². The Hall–Kier alpha value is -0.690. The minimum Gasteiger partial charge on any atom is -0.308 e. The highest BCUT2D eigenvalue weighted by Crippen LogP contribution is 2.23. The highest BCUT2D eigenvalue weighted by molar-refractivity contribution is 7.11. The van der Waals surface area contributed by atoms with E-state index in [1.165, 1.54) is 11.3 Å². The van der Waals surface area contributed by atoms with Crippen LogP contribution in [0.25, 0.3) is 0 Å². The molecule has 0 spiro atoms. The van der Waals surface area contributed by atoms with Crippen LogP contribution in [0.1, 0.15) is 30.3 Å². The standard InChI is InChI=1S/C9H14F3N3S/c1-6(2)13-5-8-15-14-7(16-8)3-4-9(10,11)12/h6,13H,3-5H2,1-2H3. The first-order valence-corrected chi connectivity index (χ1v) is 5.80. The molecule has 0 saturated heterocycles. The van der Waals surface area contributed by atoms with Gasteiger partial charge in [0.2, 0.25) is 0 Å². The van der Waals surface area contributed by atoms with Crippen molar-refractivity contribution in [2.24, 2.45) is 0 Å². The van der Waals surface area contributed by atoms with Gasteiger partial charge in [0.1, 0.15) is 10.0 Å². The molecule has 16 heavy (non-hydrogen) atoms. The average Bonchev–Trinajstić information content (AvgIpc) is 2.58. The summed E-state index contributed by atoms with van der Waals surface area (Å²) in [6, 6.07) is 0.322. The molecule has 0 aliphatic carbocycles. The monoisotopic (exact) mass is 253 g/mol. The highest BCUT2D eigenvalue weighted by atomic mass is 32.1. The van der Waals surface area contributed by atoms with Gasteiger partial charge in [0.15, 0.2) is 0 Å². The molecule has 1 aromatic heterocycles. The number of hydrogen-bond acceptors (Lipinski definition) is 4. The van der Waals surface area contributed by atoms with Gasteiger partial charge in [-0.3, -0.25) is 0 Å². The lowest BCUT2D eigenvalue weighted by Crippen LogP contribution is -2.21. The van der Waals surface area contributed by atoms with Crippen molar-refractivity contribution in [2.45, 2.75) is 45.5 Å². The van der Waals surface area contributed by atoms with Crippen molar-refractivity contribution in [3.63, 3.8) is 0 Å². The number of nitrogens with one attached hydrogen (secondary N) is 1. The lowest BCUT2D eigenvalue weighted by Gasteiger charge is -2.04. The predicted molar refractivity (Wildman–Crippen MR) is 56.3 cm³/mol. The lowest BCUT2D eigenvalue weighted by molar-refractivity contribution is -0.134. The summed E-state index contributed by atoms with van der Waals surface area (Å²) in [6.07, 6.45) is -5.04. The van der Waals surface area contributed by atoms with Crippen molar-refractivity contribution in [1.82, 2.24) is 15.5 Å². The Bertz CT molecular complexity index is 322. The quantitative estimate of drug-likeness (QED) is 0.876. The molecule has 0 radical (unpaired) electrons. The SMILES string of the molecule is CC(C)NCc1nnc(CCC(F)(F)F)s1. The minimum absolute atomic E-state index is 0.0805. The van der Waals surface area contributed by atoms with Gasteiger partial charge in [-0.15, -0.1) is 21.5 Å². The topological polar surface area (TPSA) is 37.8 Å². The van der Waals surface area contributed by atoms with E-state index in [4.69, 9.17) is 0 Å². The molecule has 0 fully saturated rings. The van der Waals surface area contributed by atoms with Gasteiger partial charge in [-0.2, -0.15) is 13.2 Å². The molecule has 1 rings (SSSR count). The van der Waals surface area contributed by atoms with Crippen LogP contribution in [0.3, 0.4) is 0 Å². The van der Waals surface area contributed by atoms with Crippen LogP contribution in [0.15, 0.2) is 0 Å². The van der Waals surface area contributed by atoms with E-state index in [1.807, 2.05) is 13.8 Å². The number of nitrogens with zero attached hydrogens (tertiary/aromatic N) is 2. The molecule has 92 valence electrons. The van der Waals surface area contributed by atoms with E-state index in [2.05, 4.69) is 15.5 Å². The first-order chi connectivity index (χ1) is 7.37. The molecule has 1 N–H and O–H groups in total. The lowest BCUT2D eigenvalue weighted by atomic mass is 10.3. The molecule has 0 aliphatic heterocycles. The fourth-order valence-electron chi connectivity index (χ4n) is 1.00. The summed E-state index contributed by atoms with van der Waals surface area (Å²) in [7, 11) is 0. The fourth-order valence-corrected chi connectivity index (χ4v) is 1.80. The zero-order valence-corrected chi connectivity index (χ0v) is 9.95. The molecule has 7 heteroatoms. The Morgan fingerprint density at radius 2 is 1.88 bits per heavy atom. The number of hydrogen-bond donors (Lipinski definition) is 1. The van der Waals surface area contributed by atoms with Gasteiger partial charge in [-0.25, -0.2) is 0 Å². The molecular formula is C9H14F3N3S. The van der Waals surface area contributed by atoms with Crippen molar-refractivity contribution in [1.29, 1.82) is 0 Å². The predicted octanol–water partition coefficient (Wildman–Crippen LogP) is 2.53. The maximum atomic E-state index is 11.9. The third-order valence-corrected chi connectivity index (χ3v) is 2.78. The number of rotatable bonds is 5. The van der Waals surface area contributed by atoms with Gasteiger partial charge in [0.25, 0.3) is 0 Å². The molecule has 0 aliphatic rings. The van der Waals surface area contributed by atoms with Crippen molar-refractivity contribution >= 4 is 11.3 Å². The van der Waals surface area contributed by atoms with Gasteiger partial charge in [-0.05, 0) is 0 Å². The van der Waals surface area contributed by atoms with Crippen LogP contribution in [0, 0.1) is 0 Å². The Labute approximate surface area is 96.1 Å². The molecule has 3 nitrogen and oxygen atoms in total. The summed E-state index contributed by atoms with van der Waals surface area (Å²) < 4.78 is 35.8. The molecule has 1 aromatic rings. The van der Waals surface area contributed by atoms with Crippen LogP contribution in [0.4, 0.5) is 13.2 Å². The van der Waals surface area contributed by atoms with E-state index in [0.29, 0.717) is 17.6 Å². The van der Waals surface area contributed by atoms with Gasteiger partial charge < -0.3 is 5.32 Å². The minimum atomic E-state index is -4.12. The Kier molecular flexibility index (Phi) is 4.67.